The monoisotopic (exact) mass is 348 g/mol. The average Bonchev–Trinajstić information content (AvgIpc) is 2.80. The minimum absolute atomic E-state index is 0.130. The number of amides is 1. The topological polar surface area (TPSA) is 98.5 Å². The molecule has 8 heteroatoms. The van der Waals surface area contributed by atoms with E-state index >= 15 is 0 Å². The molecule has 0 aliphatic heterocycles. The van der Waals surface area contributed by atoms with Gasteiger partial charge in [-0.15, -0.1) is 11.3 Å². The predicted molar refractivity (Wildman–Crippen MR) is 90.9 cm³/mol. The van der Waals surface area contributed by atoms with E-state index in [0.717, 1.165) is 10.4 Å². The number of hydrogen-bond acceptors (Lipinski definition) is 6. The van der Waals surface area contributed by atoms with Gasteiger partial charge in [-0.1, -0.05) is 6.07 Å². The van der Waals surface area contributed by atoms with E-state index in [1.54, 1.807) is 6.92 Å². The zero-order valence-corrected chi connectivity index (χ0v) is 14.4. The van der Waals surface area contributed by atoms with Gasteiger partial charge >= 0.3 is 5.97 Å². The van der Waals surface area contributed by atoms with Crippen molar-refractivity contribution in [1.29, 1.82) is 0 Å². The highest BCUT2D eigenvalue weighted by Gasteiger charge is 2.24. The van der Waals surface area contributed by atoms with Crippen molar-refractivity contribution in [3.8, 4) is 0 Å². The number of hydrogen-bond donors (Lipinski definition) is 1. The smallest absolute Gasteiger partial charge is 0.341 e. The van der Waals surface area contributed by atoms with Crippen LogP contribution in [0, 0.1) is 30.9 Å². The molecular formula is C16H16N2O5S. The van der Waals surface area contributed by atoms with E-state index in [4.69, 9.17) is 4.74 Å². The van der Waals surface area contributed by atoms with Crippen LogP contribution in [0.4, 0.5) is 10.7 Å². The number of carbonyl (C=O) groups is 2. The van der Waals surface area contributed by atoms with E-state index in [9.17, 15) is 19.7 Å². The number of methoxy groups -OCH3 is 1. The minimum atomic E-state index is -0.539. The number of carbonyl (C=O) groups excluding carboxylic acids is 2. The molecule has 0 aliphatic rings. The summed E-state index contributed by atoms with van der Waals surface area (Å²) in [6.07, 6.45) is 0. The lowest BCUT2D eigenvalue weighted by Crippen LogP contribution is -2.16. The van der Waals surface area contributed by atoms with E-state index in [0.29, 0.717) is 10.6 Å². The molecule has 0 aliphatic carbocycles. The number of esters is 1. The lowest BCUT2D eigenvalue weighted by molar-refractivity contribution is -0.385. The lowest BCUT2D eigenvalue weighted by atomic mass is 10.1. The van der Waals surface area contributed by atoms with Crippen molar-refractivity contribution in [1.82, 2.24) is 0 Å². The van der Waals surface area contributed by atoms with Crippen molar-refractivity contribution in [2.24, 2.45) is 0 Å². The first-order valence-electron chi connectivity index (χ1n) is 7.01. The highest BCUT2D eigenvalue weighted by molar-refractivity contribution is 7.16. The molecule has 0 radical (unpaired) electrons. The van der Waals surface area contributed by atoms with Crippen molar-refractivity contribution in [2.45, 2.75) is 20.8 Å². The maximum Gasteiger partial charge on any atom is 0.341 e. The SMILES string of the molecule is COC(=O)c1c(NC(=O)c2cccc([N+](=O)[O-])c2C)sc(C)c1C. The number of nitrogens with zero attached hydrogens (tertiary/aromatic N) is 1. The van der Waals surface area contributed by atoms with E-state index in [1.807, 2.05) is 6.92 Å². The molecule has 0 bridgehead atoms. The molecule has 0 unspecified atom stereocenters. The number of ether oxygens (including phenoxy) is 1. The number of nitro benzene ring substituents is 1. The molecule has 0 saturated carbocycles. The van der Waals surface area contributed by atoms with Crippen LogP contribution < -0.4 is 5.32 Å². The number of anilines is 1. The average molecular weight is 348 g/mol. The largest absolute Gasteiger partial charge is 0.465 e. The fraction of sp³-hybridized carbons (Fsp3) is 0.250. The Bertz CT molecular complexity index is 841. The molecule has 0 spiro atoms. The number of benzene rings is 1. The number of rotatable bonds is 4. The van der Waals surface area contributed by atoms with Crippen LogP contribution >= 0.6 is 11.3 Å². The lowest BCUT2D eigenvalue weighted by Gasteiger charge is -2.08. The third-order valence-electron chi connectivity index (χ3n) is 3.75. The van der Waals surface area contributed by atoms with Gasteiger partial charge in [-0.3, -0.25) is 14.9 Å². The summed E-state index contributed by atoms with van der Waals surface area (Å²) in [5.41, 5.74) is 1.36. The molecule has 1 amide bonds. The number of nitrogens with one attached hydrogen (secondary N) is 1. The molecule has 1 N–H and O–H groups in total. The summed E-state index contributed by atoms with van der Waals surface area (Å²) in [5, 5.41) is 14.0. The molecule has 1 aromatic heterocycles. The molecule has 0 atom stereocenters. The minimum Gasteiger partial charge on any atom is -0.465 e. The predicted octanol–water partition coefficient (Wildman–Crippen LogP) is 3.62. The van der Waals surface area contributed by atoms with Gasteiger partial charge in [0, 0.05) is 22.1 Å². The standard InChI is InChI=1S/C16H16N2O5S/c1-8-10(3)24-15(13(8)16(20)23-4)17-14(19)11-6-5-7-12(9(11)2)18(21)22/h5-7H,1-4H3,(H,17,19). The van der Waals surface area contributed by atoms with Gasteiger partial charge in [-0.25, -0.2) is 4.79 Å². The Hall–Kier alpha value is -2.74. The first-order chi connectivity index (χ1) is 11.3. The zero-order valence-electron chi connectivity index (χ0n) is 13.6. The van der Waals surface area contributed by atoms with Gasteiger partial charge in [0.25, 0.3) is 11.6 Å². The molecule has 0 saturated heterocycles. The quantitative estimate of drug-likeness (QED) is 0.517. The van der Waals surface area contributed by atoms with Crippen molar-refractivity contribution >= 4 is 33.9 Å². The summed E-state index contributed by atoms with van der Waals surface area (Å²) in [6, 6.07) is 4.29. The summed E-state index contributed by atoms with van der Waals surface area (Å²) < 4.78 is 4.76. The molecule has 2 rings (SSSR count). The maximum atomic E-state index is 12.5. The summed E-state index contributed by atoms with van der Waals surface area (Å²) in [5.74, 6) is -1.05. The van der Waals surface area contributed by atoms with Crippen LogP contribution in [-0.4, -0.2) is 23.9 Å². The Balaban J connectivity index is 2.42. The van der Waals surface area contributed by atoms with Crippen molar-refractivity contribution in [3.63, 3.8) is 0 Å². The van der Waals surface area contributed by atoms with Gasteiger partial charge in [-0.05, 0) is 32.4 Å². The number of thiophene rings is 1. The normalized spacial score (nSPS) is 10.3. The second-order valence-electron chi connectivity index (χ2n) is 5.14. The van der Waals surface area contributed by atoms with Crippen LogP contribution in [0.25, 0.3) is 0 Å². The van der Waals surface area contributed by atoms with Crippen LogP contribution in [0.1, 0.15) is 36.7 Å². The third-order valence-corrected chi connectivity index (χ3v) is 4.87. The highest BCUT2D eigenvalue weighted by Crippen LogP contribution is 2.33. The van der Waals surface area contributed by atoms with E-state index in [-0.39, 0.29) is 16.8 Å². The Kier molecular flexibility index (Phi) is 4.99. The van der Waals surface area contributed by atoms with Crippen LogP contribution in [0.5, 0.6) is 0 Å². The van der Waals surface area contributed by atoms with E-state index < -0.39 is 16.8 Å². The Morgan fingerprint density at radius 3 is 2.46 bits per heavy atom. The van der Waals surface area contributed by atoms with Gasteiger partial charge in [0.15, 0.2) is 0 Å². The second-order valence-corrected chi connectivity index (χ2v) is 6.36. The molecule has 7 nitrogen and oxygen atoms in total. The number of aryl methyl sites for hydroxylation is 1. The summed E-state index contributed by atoms with van der Waals surface area (Å²) >= 11 is 1.26. The first kappa shape index (κ1) is 17.6. The van der Waals surface area contributed by atoms with Gasteiger partial charge in [0.1, 0.15) is 5.00 Å². The molecular weight excluding hydrogens is 332 g/mol. The van der Waals surface area contributed by atoms with E-state index in [2.05, 4.69) is 5.32 Å². The molecule has 0 fully saturated rings. The second kappa shape index (κ2) is 6.79. The fourth-order valence-electron chi connectivity index (χ4n) is 2.30. The van der Waals surface area contributed by atoms with Crippen LogP contribution in [-0.2, 0) is 4.74 Å². The fourth-order valence-corrected chi connectivity index (χ4v) is 3.34. The van der Waals surface area contributed by atoms with Gasteiger partial charge in [0.2, 0.25) is 0 Å². The van der Waals surface area contributed by atoms with Crippen molar-refractivity contribution < 1.29 is 19.2 Å². The van der Waals surface area contributed by atoms with Crippen LogP contribution in [0.2, 0.25) is 0 Å². The highest BCUT2D eigenvalue weighted by atomic mass is 32.1. The maximum absolute atomic E-state index is 12.5. The zero-order chi connectivity index (χ0) is 18.0. The molecule has 24 heavy (non-hydrogen) atoms. The Morgan fingerprint density at radius 2 is 1.88 bits per heavy atom. The van der Waals surface area contributed by atoms with Crippen molar-refractivity contribution in [3.05, 3.63) is 55.4 Å². The Morgan fingerprint density at radius 1 is 1.21 bits per heavy atom. The summed E-state index contributed by atoms with van der Waals surface area (Å²) in [4.78, 5) is 35.8. The molecule has 1 aromatic carbocycles. The summed E-state index contributed by atoms with van der Waals surface area (Å²) in [6.45, 7) is 5.12. The number of nitro groups is 1. The summed E-state index contributed by atoms with van der Waals surface area (Å²) in [7, 11) is 1.27. The van der Waals surface area contributed by atoms with Gasteiger partial charge in [-0.2, -0.15) is 0 Å². The first-order valence-corrected chi connectivity index (χ1v) is 7.83. The van der Waals surface area contributed by atoms with Gasteiger partial charge in [0.05, 0.1) is 17.6 Å². The molecule has 126 valence electrons. The van der Waals surface area contributed by atoms with E-state index in [1.165, 1.54) is 43.6 Å². The Labute approximate surface area is 142 Å². The van der Waals surface area contributed by atoms with Crippen LogP contribution in [0.15, 0.2) is 18.2 Å². The van der Waals surface area contributed by atoms with Gasteiger partial charge < -0.3 is 10.1 Å². The van der Waals surface area contributed by atoms with Crippen molar-refractivity contribution in [2.75, 3.05) is 12.4 Å². The molecule has 1 heterocycles. The third kappa shape index (κ3) is 3.13. The van der Waals surface area contributed by atoms with Crippen LogP contribution in [0.3, 0.4) is 0 Å². The molecule has 2 aromatic rings.